The molecule has 2 aliphatic heterocycles. The second kappa shape index (κ2) is 6.98. The minimum absolute atomic E-state index is 0.242. The number of para-hydroxylation sites is 1. The van der Waals surface area contributed by atoms with Gasteiger partial charge in [0.25, 0.3) is 0 Å². The predicted octanol–water partition coefficient (Wildman–Crippen LogP) is 2.33. The Morgan fingerprint density at radius 1 is 1.12 bits per heavy atom. The number of hydrogen-bond donors (Lipinski definition) is 2. The zero-order valence-electron chi connectivity index (χ0n) is 14.9. The highest BCUT2D eigenvalue weighted by Gasteiger charge is 2.35. The van der Waals surface area contributed by atoms with E-state index in [0.29, 0.717) is 10.6 Å². The standard InChI is InChI=1S/C19H24N4O2S/c1-14-5-4-6-16(20-14)13-23-11-9-15(10-12-23)19-21-17-7-2-3-8-18(17)26(24,25)22-19/h2-8,15,19,21-22H,9-13H2,1H3/t19-/m1/s1. The van der Waals surface area contributed by atoms with Crippen molar-refractivity contribution in [2.75, 3.05) is 18.4 Å². The van der Waals surface area contributed by atoms with Crippen LogP contribution in [0.4, 0.5) is 5.69 Å². The Bertz CT molecular complexity index is 892. The third kappa shape index (κ3) is 3.60. The van der Waals surface area contributed by atoms with E-state index in [1.165, 1.54) is 0 Å². The fraction of sp³-hybridized carbons (Fsp3) is 0.421. The molecule has 0 bridgehead atoms. The first-order chi connectivity index (χ1) is 12.5. The van der Waals surface area contributed by atoms with Crippen molar-refractivity contribution in [1.82, 2.24) is 14.6 Å². The van der Waals surface area contributed by atoms with Crippen molar-refractivity contribution in [3.63, 3.8) is 0 Å². The summed E-state index contributed by atoms with van der Waals surface area (Å²) < 4.78 is 27.8. The highest BCUT2D eigenvalue weighted by atomic mass is 32.2. The number of nitrogens with zero attached hydrogens (tertiary/aromatic N) is 2. The van der Waals surface area contributed by atoms with Crippen molar-refractivity contribution in [3.8, 4) is 0 Å². The lowest BCUT2D eigenvalue weighted by Crippen LogP contribution is -2.51. The van der Waals surface area contributed by atoms with Gasteiger partial charge >= 0.3 is 0 Å². The monoisotopic (exact) mass is 372 g/mol. The first-order valence-corrected chi connectivity index (χ1v) is 10.5. The van der Waals surface area contributed by atoms with Gasteiger partial charge in [-0.2, -0.15) is 4.72 Å². The van der Waals surface area contributed by atoms with Crippen molar-refractivity contribution in [2.24, 2.45) is 5.92 Å². The van der Waals surface area contributed by atoms with Gasteiger partial charge < -0.3 is 5.32 Å². The largest absolute Gasteiger partial charge is 0.368 e. The summed E-state index contributed by atoms with van der Waals surface area (Å²) in [7, 11) is -3.44. The molecule has 2 aromatic rings. The molecule has 1 aromatic heterocycles. The molecular weight excluding hydrogens is 348 g/mol. The van der Waals surface area contributed by atoms with Crippen LogP contribution < -0.4 is 10.0 Å². The van der Waals surface area contributed by atoms with Crippen molar-refractivity contribution in [1.29, 1.82) is 0 Å². The number of sulfonamides is 1. The number of rotatable bonds is 3. The molecule has 2 aliphatic rings. The Balaban J connectivity index is 1.40. The second-order valence-corrected chi connectivity index (χ2v) is 8.81. The molecule has 0 spiro atoms. The molecule has 3 heterocycles. The van der Waals surface area contributed by atoms with Crippen LogP contribution in [0.1, 0.15) is 24.2 Å². The fourth-order valence-electron chi connectivity index (χ4n) is 3.82. The van der Waals surface area contributed by atoms with E-state index >= 15 is 0 Å². The number of pyridine rings is 1. The van der Waals surface area contributed by atoms with Gasteiger partial charge in [-0.25, -0.2) is 8.42 Å². The number of benzene rings is 1. The minimum atomic E-state index is -3.44. The van der Waals surface area contributed by atoms with Crippen LogP contribution in [0.2, 0.25) is 0 Å². The molecule has 2 N–H and O–H groups in total. The zero-order valence-corrected chi connectivity index (χ0v) is 15.7. The molecule has 0 saturated carbocycles. The van der Waals surface area contributed by atoms with Crippen LogP contribution in [0.5, 0.6) is 0 Å². The van der Waals surface area contributed by atoms with E-state index in [-0.39, 0.29) is 12.1 Å². The molecule has 0 unspecified atom stereocenters. The molecule has 1 aromatic carbocycles. The highest BCUT2D eigenvalue weighted by Crippen LogP contribution is 2.30. The molecule has 4 rings (SSSR count). The molecule has 26 heavy (non-hydrogen) atoms. The Hall–Kier alpha value is -1.96. The van der Waals surface area contributed by atoms with E-state index in [0.717, 1.165) is 43.9 Å². The maximum atomic E-state index is 12.5. The third-order valence-electron chi connectivity index (χ3n) is 5.20. The number of nitrogens with one attached hydrogen (secondary N) is 2. The lowest BCUT2D eigenvalue weighted by atomic mass is 9.93. The molecule has 6 nitrogen and oxygen atoms in total. The van der Waals surface area contributed by atoms with E-state index in [1.807, 2.05) is 31.2 Å². The van der Waals surface area contributed by atoms with Gasteiger partial charge in [-0.05, 0) is 63.0 Å². The zero-order chi connectivity index (χ0) is 18.1. The molecule has 0 radical (unpaired) electrons. The van der Waals surface area contributed by atoms with Crippen LogP contribution in [-0.2, 0) is 16.6 Å². The molecule has 1 atom stereocenters. The lowest BCUT2D eigenvalue weighted by molar-refractivity contribution is 0.162. The molecule has 1 fully saturated rings. The van der Waals surface area contributed by atoms with Gasteiger partial charge in [-0.15, -0.1) is 0 Å². The fourth-order valence-corrected chi connectivity index (χ4v) is 5.21. The average Bonchev–Trinajstić information content (AvgIpc) is 2.62. The molecule has 7 heteroatoms. The Kier molecular flexibility index (Phi) is 4.69. The number of hydrogen-bond acceptors (Lipinski definition) is 5. The second-order valence-electron chi connectivity index (χ2n) is 7.12. The summed E-state index contributed by atoms with van der Waals surface area (Å²) in [6, 6.07) is 13.2. The summed E-state index contributed by atoms with van der Waals surface area (Å²) >= 11 is 0. The van der Waals surface area contributed by atoms with Gasteiger partial charge in [0.05, 0.1) is 17.5 Å². The van der Waals surface area contributed by atoms with E-state index < -0.39 is 10.0 Å². The third-order valence-corrected chi connectivity index (χ3v) is 6.70. The summed E-state index contributed by atoms with van der Waals surface area (Å²) in [6.07, 6.45) is 1.66. The van der Waals surface area contributed by atoms with E-state index in [4.69, 9.17) is 0 Å². The maximum Gasteiger partial charge on any atom is 0.244 e. The number of aryl methyl sites for hydroxylation is 1. The first kappa shape index (κ1) is 17.5. The molecule has 0 amide bonds. The molecule has 1 saturated heterocycles. The van der Waals surface area contributed by atoms with Crippen LogP contribution >= 0.6 is 0 Å². The van der Waals surface area contributed by atoms with Crippen molar-refractivity contribution >= 4 is 15.7 Å². The molecular formula is C19H24N4O2S. The maximum absolute atomic E-state index is 12.5. The summed E-state index contributed by atoms with van der Waals surface area (Å²) in [6.45, 7) is 4.75. The van der Waals surface area contributed by atoms with Crippen LogP contribution in [0.15, 0.2) is 47.4 Å². The van der Waals surface area contributed by atoms with Gasteiger partial charge in [0, 0.05) is 12.2 Å². The minimum Gasteiger partial charge on any atom is -0.368 e. The number of fused-ring (bicyclic) bond motifs is 1. The lowest BCUT2D eigenvalue weighted by Gasteiger charge is -2.38. The van der Waals surface area contributed by atoms with Crippen molar-refractivity contribution in [3.05, 3.63) is 53.9 Å². The SMILES string of the molecule is Cc1cccc(CN2CCC([C@@H]3Nc4ccccc4S(=O)(=O)N3)CC2)n1. The normalized spacial score (nSPS) is 23.2. The van der Waals surface area contributed by atoms with Crippen molar-refractivity contribution < 1.29 is 8.42 Å². The number of anilines is 1. The van der Waals surface area contributed by atoms with Gasteiger partial charge in [-0.3, -0.25) is 9.88 Å². The predicted molar refractivity (Wildman–Crippen MR) is 101 cm³/mol. The van der Waals surface area contributed by atoms with Crippen LogP contribution in [0.25, 0.3) is 0 Å². The summed E-state index contributed by atoms with van der Waals surface area (Å²) in [5.41, 5.74) is 2.83. The Morgan fingerprint density at radius 2 is 1.88 bits per heavy atom. The van der Waals surface area contributed by atoms with Crippen molar-refractivity contribution in [2.45, 2.75) is 37.4 Å². The van der Waals surface area contributed by atoms with E-state index in [2.05, 4.69) is 26.0 Å². The summed E-state index contributed by atoms with van der Waals surface area (Å²) in [4.78, 5) is 7.30. The summed E-state index contributed by atoms with van der Waals surface area (Å²) in [5, 5.41) is 3.37. The smallest absolute Gasteiger partial charge is 0.244 e. The van der Waals surface area contributed by atoms with Gasteiger partial charge in [0.2, 0.25) is 10.0 Å². The highest BCUT2D eigenvalue weighted by molar-refractivity contribution is 7.89. The molecule has 138 valence electrons. The topological polar surface area (TPSA) is 74.3 Å². The van der Waals surface area contributed by atoms with E-state index in [9.17, 15) is 8.42 Å². The van der Waals surface area contributed by atoms with Gasteiger partial charge in [-0.1, -0.05) is 18.2 Å². The Morgan fingerprint density at radius 3 is 2.65 bits per heavy atom. The summed E-state index contributed by atoms with van der Waals surface area (Å²) in [5.74, 6) is 0.278. The van der Waals surface area contributed by atoms with Crippen LogP contribution in [-0.4, -0.2) is 37.6 Å². The van der Waals surface area contributed by atoms with Gasteiger partial charge in [0.1, 0.15) is 4.90 Å². The number of aromatic nitrogens is 1. The van der Waals surface area contributed by atoms with Gasteiger partial charge in [0.15, 0.2) is 0 Å². The van der Waals surface area contributed by atoms with Crippen LogP contribution in [0.3, 0.4) is 0 Å². The first-order valence-electron chi connectivity index (χ1n) is 9.04. The number of piperidine rings is 1. The number of likely N-dealkylation sites (tertiary alicyclic amines) is 1. The molecule has 0 aliphatic carbocycles. The quantitative estimate of drug-likeness (QED) is 0.865. The Labute approximate surface area is 154 Å². The van der Waals surface area contributed by atoms with Crippen LogP contribution in [0, 0.1) is 12.8 Å². The average molecular weight is 372 g/mol. The van der Waals surface area contributed by atoms with E-state index in [1.54, 1.807) is 12.1 Å².